The molecular weight excluding hydrogens is 1300 g/mol. The molecule has 0 aromatic heterocycles. The third kappa shape index (κ3) is 16.6. The monoisotopic (exact) mass is 1380 g/mol. The Morgan fingerprint density at radius 2 is 1.04 bits per heavy atom. The van der Waals surface area contributed by atoms with Gasteiger partial charge in [-0.15, -0.1) is 0 Å². The van der Waals surface area contributed by atoms with E-state index in [-0.39, 0.29) is 42.0 Å². The van der Waals surface area contributed by atoms with Gasteiger partial charge in [-0.05, 0) is 146 Å². The molecule has 2 unspecified atom stereocenters. The Morgan fingerprint density at radius 3 is 1.49 bits per heavy atom. The van der Waals surface area contributed by atoms with Crippen LogP contribution in [0.5, 0.6) is 11.5 Å². The lowest BCUT2D eigenvalue weighted by molar-refractivity contribution is -0.148. The summed E-state index contributed by atoms with van der Waals surface area (Å²) in [6.45, 7) is 17.8. The molecule has 0 radical (unpaired) electrons. The van der Waals surface area contributed by atoms with Crippen molar-refractivity contribution in [1.82, 2.24) is 19.6 Å². The largest absolute Gasteiger partial charge is 0.478 e. The molecule has 4 fully saturated rings. The van der Waals surface area contributed by atoms with E-state index < -0.39 is 29.4 Å². The van der Waals surface area contributed by atoms with Crippen LogP contribution in [-0.4, -0.2) is 138 Å². The molecule has 6 aromatic rings. The third-order valence-corrected chi connectivity index (χ3v) is 19.4. The number of likely N-dealkylation sites (tertiary alicyclic amines) is 4. The summed E-state index contributed by atoms with van der Waals surface area (Å²) in [6.07, 6.45) is -0.0523. The predicted molar refractivity (Wildman–Crippen MR) is 356 cm³/mol. The van der Waals surface area contributed by atoms with Gasteiger partial charge in [-0.1, -0.05) is 145 Å². The van der Waals surface area contributed by atoms with Gasteiger partial charge in [0, 0.05) is 98.1 Å². The molecule has 2 N–H and O–H groups in total. The molecule has 2 atom stereocenters. The Balaban J connectivity index is 0.000000196. The third-order valence-electron chi connectivity index (χ3n) is 17.0. The number of carbonyl (C=O) groups excluding carboxylic acids is 3. The molecule has 0 saturated carbocycles. The zero-order valence-electron chi connectivity index (χ0n) is 51.3. The molecule has 5 heterocycles. The molecule has 0 bridgehead atoms. The summed E-state index contributed by atoms with van der Waals surface area (Å²) >= 11 is 20.0. The second kappa shape index (κ2) is 28.9. The number of hydrogen-bond donors (Lipinski definition) is 2. The van der Waals surface area contributed by atoms with E-state index in [1.165, 1.54) is 22.3 Å². The number of carboxylic acids is 1. The molecular formula is C70H80Br2Cl2N6O9. The van der Waals surface area contributed by atoms with Crippen LogP contribution in [0.4, 0.5) is 21.0 Å². The van der Waals surface area contributed by atoms with Crippen molar-refractivity contribution in [3.8, 4) is 11.5 Å². The lowest BCUT2D eigenvalue weighted by Crippen LogP contribution is -2.57. The summed E-state index contributed by atoms with van der Waals surface area (Å²) in [7, 11) is 0. The number of fused-ring (bicyclic) bond motifs is 1. The average molecular weight is 1380 g/mol. The molecule has 3 amide bonds. The Kier molecular flexibility index (Phi) is 21.3. The highest BCUT2D eigenvalue weighted by molar-refractivity contribution is 9.10. The molecule has 4 saturated heterocycles. The van der Waals surface area contributed by atoms with E-state index in [2.05, 4.69) is 144 Å². The average Bonchev–Trinajstić information content (AvgIpc) is 0.884. The minimum Gasteiger partial charge on any atom is -0.478 e. The first-order valence-electron chi connectivity index (χ1n) is 30.8. The zero-order chi connectivity index (χ0) is 63.1. The van der Waals surface area contributed by atoms with Crippen LogP contribution < -0.4 is 19.7 Å². The second-order valence-electron chi connectivity index (χ2n) is 25.9. The van der Waals surface area contributed by atoms with Crippen molar-refractivity contribution in [3.63, 3.8) is 0 Å². The van der Waals surface area contributed by atoms with Gasteiger partial charge in [0.2, 0.25) is 0 Å². The molecule has 89 heavy (non-hydrogen) atoms. The van der Waals surface area contributed by atoms with E-state index in [0.29, 0.717) is 114 Å². The van der Waals surface area contributed by atoms with Crippen LogP contribution in [0.3, 0.4) is 0 Å². The van der Waals surface area contributed by atoms with E-state index >= 15 is 0 Å². The summed E-state index contributed by atoms with van der Waals surface area (Å²) in [6, 6.07) is 49.9. The number of nitrogens with zero attached hydrogens (tertiary/aromatic N) is 5. The number of anilines is 2. The summed E-state index contributed by atoms with van der Waals surface area (Å²) in [5, 5.41) is 14.7. The normalized spacial score (nSPS) is 18.4. The topological polar surface area (TPSA) is 154 Å². The molecule has 5 aliphatic rings. The number of nitrogens with one attached hydrogen (secondary N) is 1. The zero-order valence-corrected chi connectivity index (χ0v) is 56.0. The highest BCUT2D eigenvalue weighted by atomic mass is 79.9. The van der Waals surface area contributed by atoms with Crippen molar-refractivity contribution in [2.45, 2.75) is 103 Å². The van der Waals surface area contributed by atoms with E-state index in [1.54, 1.807) is 21.9 Å². The minimum absolute atomic E-state index is 0.00952. The lowest BCUT2D eigenvalue weighted by Gasteiger charge is -2.48. The van der Waals surface area contributed by atoms with Crippen LogP contribution in [0, 0.1) is 23.7 Å². The molecule has 0 spiro atoms. The smallest absolute Gasteiger partial charge is 0.410 e. The Bertz CT molecular complexity index is 3310. The predicted octanol–water partition coefficient (Wildman–Crippen LogP) is 15.3. The number of carboxylic acid groups (broad SMARTS) is 1. The summed E-state index contributed by atoms with van der Waals surface area (Å²) < 4.78 is 25.0. The second-order valence-corrected chi connectivity index (χ2v) is 28.5. The SMILES string of the molecule is CC(C)(C)OC(=O)N1CCC(C(Oc2cc(Br)c(Cl)cc2NCC2CN(C(c3ccccc3)c3ccccc3)C2)C(=O)O)CC1.CC(C)(C)OC(=O)N1CCC(C2Oc3cc(Br)c(Cl)cc3N(CC3CN(C(c4ccccc4)c4ccccc4)C3)C2=O)CC1. The van der Waals surface area contributed by atoms with Crippen molar-refractivity contribution >= 4 is 90.5 Å². The van der Waals surface area contributed by atoms with E-state index in [9.17, 15) is 24.3 Å². The first kappa shape index (κ1) is 65.6. The van der Waals surface area contributed by atoms with Gasteiger partial charge in [0.15, 0.2) is 12.2 Å². The highest BCUT2D eigenvalue weighted by Crippen LogP contribution is 2.45. The van der Waals surface area contributed by atoms with E-state index in [4.69, 9.17) is 42.1 Å². The maximum atomic E-state index is 14.1. The summed E-state index contributed by atoms with van der Waals surface area (Å²) in [5.74, 6) is 0.429. The number of ether oxygens (including phenoxy) is 4. The van der Waals surface area contributed by atoms with Crippen LogP contribution >= 0.6 is 55.1 Å². The van der Waals surface area contributed by atoms with E-state index in [1.807, 2.05) is 82.8 Å². The number of aliphatic carboxylic acids is 1. The van der Waals surface area contributed by atoms with E-state index in [0.717, 1.165) is 30.7 Å². The van der Waals surface area contributed by atoms with Gasteiger partial charge >= 0.3 is 18.2 Å². The lowest BCUT2D eigenvalue weighted by atomic mass is 9.88. The van der Waals surface area contributed by atoms with Crippen LogP contribution in [0.25, 0.3) is 0 Å². The number of hydrogen-bond acceptors (Lipinski definition) is 11. The van der Waals surface area contributed by atoms with Gasteiger partial charge in [-0.2, -0.15) is 0 Å². The first-order chi connectivity index (χ1) is 42.5. The number of piperidine rings is 2. The summed E-state index contributed by atoms with van der Waals surface area (Å²) in [5.41, 5.74) is 5.29. The number of benzene rings is 6. The number of halogens is 4. The van der Waals surface area contributed by atoms with Crippen LogP contribution in [0.15, 0.2) is 155 Å². The minimum atomic E-state index is -1.07. The number of rotatable bonds is 16. The van der Waals surface area contributed by atoms with Gasteiger partial charge in [-0.3, -0.25) is 14.6 Å². The maximum absolute atomic E-state index is 14.1. The Morgan fingerprint density at radius 1 is 0.618 bits per heavy atom. The van der Waals surface area contributed by atoms with Crippen molar-refractivity contribution in [2.75, 3.05) is 75.7 Å². The fourth-order valence-corrected chi connectivity index (χ4v) is 13.6. The Hall–Kier alpha value is -6.34. The fraction of sp³-hybridized carbons (Fsp3) is 0.429. The molecule has 15 nitrogen and oxygen atoms in total. The fourth-order valence-electron chi connectivity index (χ4n) is 12.6. The van der Waals surface area contributed by atoms with Crippen molar-refractivity contribution in [2.24, 2.45) is 23.7 Å². The quantitative estimate of drug-likeness (QED) is 0.0948. The Labute approximate surface area is 550 Å². The molecule has 6 aromatic carbocycles. The van der Waals surface area contributed by atoms with Crippen molar-refractivity contribution in [3.05, 3.63) is 187 Å². The van der Waals surface area contributed by atoms with Gasteiger partial charge in [0.1, 0.15) is 22.7 Å². The number of carbonyl (C=O) groups is 4. The molecule has 0 aliphatic carbocycles. The van der Waals surface area contributed by atoms with Crippen molar-refractivity contribution < 1.29 is 43.2 Å². The number of amides is 3. The standard InChI is InChI=1S/C35H41BrClN3O5.C35H39BrClN3O4/c1-35(2,3)45-34(43)39-16-14-26(15-17-39)32(33(41)42)44-30-18-27(36)28(37)19-29(30)38-20-23-21-40(22-23)31(24-10-6-4-7-11-24)25-12-8-5-9-13-25;1-35(2,3)44-34(42)38-16-14-26(15-17-38)32-33(41)40(29-19-28(37)27(36)18-30(29)43-32)22-23-20-39(21-23)31(24-10-6-4-7-11-24)25-12-8-5-9-13-25/h4-13,18-19,23,26,31-32,38H,14-17,20-22H2,1-3H3,(H,41,42);4-13,18-19,23,26,31-32H,14-17,20-22H2,1-3H3. The first-order valence-corrected chi connectivity index (χ1v) is 33.1. The molecule has 472 valence electrons. The van der Waals surface area contributed by atoms with Crippen LogP contribution in [-0.2, 0) is 19.1 Å². The van der Waals surface area contributed by atoms with Crippen LogP contribution in [0.1, 0.15) is 102 Å². The molecule has 5 aliphatic heterocycles. The molecule has 19 heteroatoms. The van der Waals surface area contributed by atoms with Gasteiger partial charge < -0.3 is 44.1 Å². The van der Waals surface area contributed by atoms with Gasteiger partial charge in [-0.25, -0.2) is 14.4 Å². The molecule has 11 rings (SSSR count). The van der Waals surface area contributed by atoms with Crippen LogP contribution in [0.2, 0.25) is 10.0 Å². The van der Waals surface area contributed by atoms with Crippen molar-refractivity contribution in [1.29, 1.82) is 0 Å². The summed E-state index contributed by atoms with van der Waals surface area (Å²) in [4.78, 5) is 62.0. The maximum Gasteiger partial charge on any atom is 0.410 e. The van der Waals surface area contributed by atoms with Gasteiger partial charge in [0.05, 0.1) is 33.5 Å². The highest BCUT2D eigenvalue weighted by Gasteiger charge is 2.45. The van der Waals surface area contributed by atoms with Gasteiger partial charge in [0.25, 0.3) is 5.91 Å².